The lowest BCUT2D eigenvalue weighted by molar-refractivity contribution is 0.0696. The summed E-state index contributed by atoms with van der Waals surface area (Å²) >= 11 is 0. The lowest BCUT2D eigenvalue weighted by Gasteiger charge is -2.25. The molecule has 1 N–H and O–H groups in total. The molecule has 6 heteroatoms. The van der Waals surface area contributed by atoms with Crippen LogP contribution in [0.25, 0.3) is 0 Å². The van der Waals surface area contributed by atoms with Crippen molar-refractivity contribution in [2.24, 2.45) is 0 Å². The molecule has 1 aromatic heterocycles. The first-order chi connectivity index (χ1) is 10.0. The van der Waals surface area contributed by atoms with E-state index in [0.29, 0.717) is 18.9 Å². The standard InChI is InChI=1S/C15H24FN3O2/c1-4-18(5-2)8-7-9-19(6-3)14-13(15(20)21)10-12(16)11-17-14/h10-11H,4-9H2,1-3H3,(H,20,21). The van der Waals surface area contributed by atoms with Crippen LogP contribution in [-0.4, -0.2) is 53.7 Å². The lowest BCUT2D eigenvalue weighted by Crippen LogP contribution is -2.31. The molecule has 0 aliphatic rings. The van der Waals surface area contributed by atoms with Crippen molar-refractivity contribution in [3.05, 3.63) is 23.6 Å². The van der Waals surface area contributed by atoms with Crippen molar-refractivity contribution >= 4 is 11.8 Å². The molecule has 0 aromatic carbocycles. The van der Waals surface area contributed by atoms with Crippen LogP contribution in [0.5, 0.6) is 0 Å². The number of carboxylic acids is 1. The number of aromatic nitrogens is 1. The lowest BCUT2D eigenvalue weighted by atomic mass is 10.2. The van der Waals surface area contributed by atoms with E-state index in [2.05, 4.69) is 23.7 Å². The molecular weight excluding hydrogens is 273 g/mol. The third-order valence-electron chi connectivity index (χ3n) is 3.54. The SMILES string of the molecule is CCN(CC)CCCN(CC)c1ncc(F)cc1C(=O)O. The number of carbonyl (C=O) groups is 1. The van der Waals surface area contributed by atoms with Crippen molar-refractivity contribution in [1.29, 1.82) is 0 Å². The highest BCUT2D eigenvalue weighted by Gasteiger charge is 2.17. The number of nitrogens with zero attached hydrogens (tertiary/aromatic N) is 3. The van der Waals surface area contributed by atoms with Gasteiger partial charge in [-0.05, 0) is 39.0 Å². The van der Waals surface area contributed by atoms with Gasteiger partial charge < -0.3 is 14.9 Å². The van der Waals surface area contributed by atoms with Crippen molar-refractivity contribution in [3.8, 4) is 0 Å². The maximum Gasteiger partial charge on any atom is 0.339 e. The average molecular weight is 297 g/mol. The Bertz CT molecular complexity index is 464. The minimum absolute atomic E-state index is 0.0836. The summed E-state index contributed by atoms with van der Waals surface area (Å²) in [7, 11) is 0. The number of pyridine rings is 1. The monoisotopic (exact) mass is 297 g/mol. The smallest absolute Gasteiger partial charge is 0.339 e. The van der Waals surface area contributed by atoms with E-state index in [9.17, 15) is 14.3 Å². The summed E-state index contributed by atoms with van der Waals surface area (Å²) in [5.74, 6) is -1.44. The summed E-state index contributed by atoms with van der Waals surface area (Å²) in [5.41, 5.74) is -0.0836. The number of hydrogen-bond acceptors (Lipinski definition) is 4. The van der Waals surface area contributed by atoms with Gasteiger partial charge in [-0.2, -0.15) is 0 Å². The van der Waals surface area contributed by atoms with Crippen LogP contribution in [0, 0.1) is 5.82 Å². The fourth-order valence-corrected chi connectivity index (χ4v) is 2.28. The molecule has 1 heterocycles. The zero-order valence-electron chi connectivity index (χ0n) is 13.0. The predicted octanol–water partition coefficient (Wildman–Crippen LogP) is 2.48. The molecule has 1 rings (SSSR count). The number of rotatable bonds is 9. The second kappa shape index (κ2) is 8.56. The van der Waals surface area contributed by atoms with E-state index in [0.717, 1.165) is 38.3 Å². The van der Waals surface area contributed by atoms with E-state index >= 15 is 0 Å². The minimum atomic E-state index is -1.15. The number of hydrogen-bond donors (Lipinski definition) is 1. The summed E-state index contributed by atoms with van der Waals surface area (Å²) in [6, 6.07) is 1.03. The molecule has 0 saturated heterocycles. The summed E-state index contributed by atoms with van der Waals surface area (Å²) < 4.78 is 13.2. The minimum Gasteiger partial charge on any atom is -0.478 e. The molecule has 0 aliphatic heterocycles. The maximum absolute atomic E-state index is 13.2. The Kier molecular flexibility index (Phi) is 7.08. The molecule has 21 heavy (non-hydrogen) atoms. The van der Waals surface area contributed by atoms with Gasteiger partial charge in [-0.3, -0.25) is 0 Å². The molecule has 0 atom stereocenters. The Morgan fingerprint density at radius 3 is 2.43 bits per heavy atom. The van der Waals surface area contributed by atoms with Crippen LogP contribution in [0.15, 0.2) is 12.3 Å². The molecule has 1 aromatic rings. The predicted molar refractivity (Wildman–Crippen MR) is 81.4 cm³/mol. The van der Waals surface area contributed by atoms with Gasteiger partial charge in [0.1, 0.15) is 17.2 Å². The Hall–Kier alpha value is -1.69. The maximum atomic E-state index is 13.2. The van der Waals surface area contributed by atoms with Crippen LogP contribution in [0.2, 0.25) is 0 Å². The highest BCUT2D eigenvalue weighted by molar-refractivity contribution is 5.93. The fourth-order valence-electron chi connectivity index (χ4n) is 2.28. The first-order valence-electron chi connectivity index (χ1n) is 7.39. The van der Waals surface area contributed by atoms with Crippen LogP contribution in [0.1, 0.15) is 37.6 Å². The molecule has 0 saturated carbocycles. The van der Waals surface area contributed by atoms with Gasteiger partial charge in [-0.15, -0.1) is 0 Å². The van der Waals surface area contributed by atoms with E-state index in [1.54, 1.807) is 0 Å². The molecule has 0 bridgehead atoms. The number of aromatic carboxylic acids is 1. The highest BCUT2D eigenvalue weighted by Crippen LogP contribution is 2.19. The highest BCUT2D eigenvalue weighted by atomic mass is 19.1. The quantitative estimate of drug-likeness (QED) is 0.759. The zero-order valence-corrected chi connectivity index (χ0v) is 13.0. The second-order valence-corrected chi connectivity index (χ2v) is 4.79. The summed E-state index contributed by atoms with van der Waals surface area (Å²) in [5, 5.41) is 9.18. The molecule has 0 amide bonds. The summed E-state index contributed by atoms with van der Waals surface area (Å²) in [4.78, 5) is 19.4. The zero-order chi connectivity index (χ0) is 15.8. The van der Waals surface area contributed by atoms with Gasteiger partial charge >= 0.3 is 5.97 Å². The van der Waals surface area contributed by atoms with E-state index in [4.69, 9.17) is 0 Å². The van der Waals surface area contributed by atoms with Crippen LogP contribution >= 0.6 is 0 Å². The fraction of sp³-hybridized carbons (Fsp3) is 0.600. The summed E-state index contributed by atoms with van der Waals surface area (Å²) in [6.07, 6.45) is 1.97. The van der Waals surface area contributed by atoms with E-state index < -0.39 is 11.8 Å². The topological polar surface area (TPSA) is 56.7 Å². The molecule has 0 unspecified atom stereocenters. The van der Waals surface area contributed by atoms with Crippen LogP contribution in [-0.2, 0) is 0 Å². The Morgan fingerprint density at radius 2 is 1.90 bits per heavy atom. The molecule has 0 radical (unpaired) electrons. The Labute approximate surface area is 125 Å². The van der Waals surface area contributed by atoms with Gasteiger partial charge in [-0.1, -0.05) is 13.8 Å². The van der Waals surface area contributed by atoms with E-state index in [1.165, 1.54) is 0 Å². The van der Waals surface area contributed by atoms with Gasteiger partial charge in [0.2, 0.25) is 0 Å². The molecule has 0 fully saturated rings. The van der Waals surface area contributed by atoms with Crippen molar-refractivity contribution in [2.45, 2.75) is 27.2 Å². The van der Waals surface area contributed by atoms with Gasteiger partial charge in [0.05, 0.1) is 6.20 Å². The Balaban J connectivity index is 2.78. The largest absolute Gasteiger partial charge is 0.478 e. The molecule has 0 aliphatic carbocycles. The third-order valence-corrected chi connectivity index (χ3v) is 3.54. The van der Waals surface area contributed by atoms with Crippen LogP contribution in [0.4, 0.5) is 10.2 Å². The normalized spacial score (nSPS) is 10.9. The van der Waals surface area contributed by atoms with Crippen molar-refractivity contribution < 1.29 is 14.3 Å². The molecule has 5 nitrogen and oxygen atoms in total. The van der Waals surface area contributed by atoms with E-state index in [-0.39, 0.29) is 5.56 Å². The first kappa shape index (κ1) is 17.4. The molecule has 118 valence electrons. The first-order valence-corrected chi connectivity index (χ1v) is 7.39. The number of anilines is 1. The van der Waals surface area contributed by atoms with Crippen molar-refractivity contribution in [2.75, 3.05) is 37.6 Å². The van der Waals surface area contributed by atoms with Gasteiger partial charge in [0, 0.05) is 13.1 Å². The van der Waals surface area contributed by atoms with Gasteiger partial charge in [0.15, 0.2) is 0 Å². The summed E-state index contributed by atoms with van der Waals surface area (Å²) in [6.45, 7) is 10.5. The number of halogens is 1. The van der Waals surface area contributed by atoms with Crippen LogP contribution < -0.4 is 4.90 Å². The van der Waals surface area contributed by atoms with E-state index in [1.807, 2.05) is 11.8 Å². The van der Waals surface area contributed by atoms with Gasteiger partial charge in [-0.25, -0.2) is 14.2 Å². The van der Waals surface area contributed by atoms with Crippen molar-refractivity contribution in [1.82, 2.24) is 9.88 Å². The second-order valence-electron chi connectivity index (χ2n) is 4.79. The average Bonchev–Trinajstić information content (AvgIpc) is 2.48. The molecular formula is C15H24FN3O2. The number of carboxylic acid groups (broad SMARTS) is 1. The van der Waals surface area contributed by atoms with Gasteiger partial charge in [0.25, 0.3) is 0 Å². The van der Waals surface area contributed by atoms with Crippen molar-refractivity contribution in [3.63, 3.8) is 0 Å². The third kappa shape index (κ3) is 4.97. The molecule has 0 spiro atoms. The Morgan fingerprint density at radius 1 is 1.24 bits per heavy atom. The van der Waals surface area contributed by atoms with Crippen LogP contribution in [0.3, 0.4) is 0 Å².